The molecule has 9 nitrogen and oxygen atoms in total. The van der Waals surface area contributed by atoms with E-state index < -0.39 is 0 Å². The Labute approximate surface area is 248 Å². The molecule has 212 valence electrons. The minimum atomic E-state index is -0.122. The van der Waals surface area contributed by atoms with E-state index in [2.05, 4.69) is 10.2 Å². The third kappa shape index (κ3) is 6.34. The number of nitrogens with zero attached hydrogens (tertiary/aromatic N) is 5. The van der Waals surface area contributed by atoms with Crippen molar-refractivity contribution in [3.05, 3.63) is 83.4 Å². The Hall–Kier alpha value is -4.02. The molecule has 5 rings (SSSR count). The predicted octanol–water partition coefficient (Wildman–Crippen LogP) is 5.07. The first-order valence-corrected chi connectivity index (χ1v) is 14.5. The first-order valence-electron chi connectivity index (χ1n) is 13.1. The fourth-order valence-corrected chi connectivity index (χ4v) is 5.72. The number of hydrogen-bond acceptors (Lipinski definition) is 7. The lowest BCUT2D eigenvalue weighted by Crippen LogP contribution is -2.55. The van der Waals surface area contributed by atoms with Crippen molar-refractivity contribution in [2.45, 2.75) is 18.1 Å². The summed E-state index contributed by atoms with van der Waals surface area (Å²) < 4.78 is 12.7. The zero-order valence-corrected chi connectivity index (χ0v) is 24.6. The Balaban J connectivity index is 1.31. The molecule has 0 spiro atoms. The Bertz CT molecular complexity index is 1530. The lowest BCUT2D eigenvalue weighted by atomic mass is 10.1. The number of methoxy groups -OCH3 is 2. The largest absolute Gasteiger partial charge is 0.497 e. The van der Waals surface area contributed by atoms with Crippen molar-refractivity contribution >= 4 is 35.2 Å². The molecule has 3 aromatic carbocycles. The molecule has 2 amide bonds. The second kappa shape index (κ2) is 12.7. The van der Waals surface area contributed by atoms with Gasteiger partial charge in [-0.05, 0) is 67.6 Å². The Kier molecular flexibility index (Phi) is 8.80. The number of ether oxygens (including phenoxy) is 2. The third-order valence-corrected chi connectivity index (χ3v) is 8.11. The van der Waals surface area contributed by atoms with Crippen LogP contribution in [0, 0.1) is 0 Å². The average molecular weight is 592 g/mol. The van der Waals surface area contributed by atoms with E-state index in [1.54, 1.807) is 48.3 Å². The van der Waals surface area contributed by atoms with Crippen LogP contribution in [0.5, 0.6) is 11.5 Å². The predicted molar refractivity (Wildman–Crippen MR) is 159 cm³/mol. The molecule has 0 bridgehead atoms. The van der Waals surface area contributed by atoms with E-state index in [-0.39, 0.29) is 23.6 Å². The molecule has 1 aromatic heterocycles. The van der Waals surface area contributed by atoms with Crippen molar-refractivity contribution in [3.8, 4) is 28.6 Å². The van der Waals surface area contributed by atoms with E-state index in [1.165, 1.54) is 11.8 Å². The number of hydrogen-bond donors (Lipinski definition) is 0. The van der Waals surface area contributed by atoms with Crippen molar-refractivity contribution < 1.29 is 19.1 Å². The highest BCUT2D eigenvalue weighted by Gasteiger charge is 2.30. The highest BCUT2D eigenvalue weighted by molar-refractivity contribution is 7.99. The van der Waals surface area contributed by atoms with Crippen molar-refractivity contribution in [1.82, 2.24) is 24.6 Å². The van der Waals surface area contributed by atoms with Gasteiger partial charge in [0.25, 0.3) is 5.91 Å². The summed E-state index contributed by atoms with van der Waals surface area (Å²) >= 11 is 7.30. The van der Waals surface area contributed by atoms with Crippen LogP contribution < -0.4 is 9.47 Å². The van der Waals surface area contributed by atoms with Crippen LogP contribution >= 0.6 is 23.4 Å². The molecule has 0 radical (unpaired) electrons. The molecule has 41 heavy (non-hydrogen) atoms. The molecule has 4 aromatic rings. The van der Waals surface area contributed by atoms with Gasteiger partial charge < -0.3 is 19.3 Å². The Morgan fingerprint density at radius 3 is 2.37 bits per heavy atom. The van der Waals surface area contributed by atoms with E-state index in [4.69, 9.17) is 21.1 Å². The maximum Gasteiger partial charge on any atom is 0.254 e. The highest BCUT2D eigenvalue weighted by Crippen LogP contribution is 2.31. The zero-order chi connectivity index (χ0) is 28.9. The lowest BCUT2D eigenvalue weighted by Gasteiger charge is -2.40. The molecule has 1 unspecified atom stereocenters. The Morgan fingerprint density at radius 2 is 1.68 bits per heavy atom. The minimum absolute atomic E-state index is 0.0207. The topological polar surface area (TPSA) is 89.8 Å². The van der Waals surface area contributed by atoms with Gasteiger partial charge in [-0.15, -0.1) is 10.2 Å². The van der Waals surface area contributed by atoms with Crippen LogP contribution in [-0.4, -0.2) is 82.0 Å². The maximum absolute atomic E-state index is 13.3. The van der Waals surface area contributed by atoms with Crippen molar-refractivity contribution in [3.63, 3.8) is 0 Å². The van der Waals surface area contributed by atoms with Gasteiger partial charge in [-0.1, -0.05) is 35.5 Å². The molecular weight excluding hydrogens is 562 g/mol. The SMILES string of the molecule is COc1ccc(-n2c(SCC(=O)N3CCN(C(=O)c4ccc(Cl)cc4)C(C)C3)nnc2-c2cccc(OC)c2)cc1. The quantitative estimate of drug-likeness (QED) is 0.264. The number of amides is 2. The van der Waals surface area contributed by atoms with E-state index in [1.807, 2.05) is 60.0 Å². The van der Waals surface area contributed by atoms with Gasteiger partial charge in [0.05, 0.1) is 20.0 Å². The fourth-order valence-electron chi connectivity index (χ4n) is 4.74. The van der Waals surface area contributed by atoms with Crippen molar-refractivity contribution in [2.75, 3.05) is 39.6 Å². The standard InChI is InChI=1S/C30H30ClN5O4S/c1-20-18-34(15-16-35(20)29(38)21-7-9-23(31)10-8-21)27(37)19-41-30-33-32-28(22-5-4-6-26(17-22)40-3)36(30)24-11-13-25(39-2)14-12-24/h4-14,17,20H,15-16,18-19H2,1-3H3. The number of thioether (sulfide) groups is 1. The van der Waals surface area contributed by atoms with Crippen LogP contribution in [0.2, 0.25) is 5.02 Å². The molecule has 2 heterocycles. The summed E-state index contributed by atoms with van der Waals surface area (Å²) in [7, 11) is 3.24. The monoisotopic (exact) mass is 591 g/mol. The van der Waals surface area contributed by atoms with E-state index in [0.717, 1.165) is 17.0 Å². The summed E-state index contributed by atoms with van der Waals surface area (Å²) in [5.41, 5.74) is 2.26. The van der Waals surface area contributed by atoms with E-state index >= 15 is 0 Å². The first kappa shape index (κ1) is 28.5. The number of halogens is 1. The molecule has 11 heteroatoms. The molecule has 0 aliphatic carbocycles. The summed E-state index contributed by atoms with van der Waals surface area (Å²) in [6.45, 7) is 3.34. The molecule has 0 saturated carbocycles. The van der Waals surface area contributed by atoms with Crippen LogP contribution in [0.25, 0.3) is 17.1 Å². The van der Waals surface area contributed by atoms with Gasteiger partial charge >= 0.3 is 0 Å². The first-order chi connectivity index (χ1) is 19.9. The van der Waals surface area contributed by atoms with Crippen molar-refractivity contribution in [1.29, 1.82) is 0 Å². The molecule has 1 saturated heterocycles. The smallest absolute Gasteiger partial charge is 0.254 e. The van der Waals surface area contributed by atoms with Crippen LogP contribution in [0.15, 0.2) is 78.0 Å². The second-order valence-corrected chi connectivity index (χ2v) is 10.9. The molecule has 1 aliphatic rings. The van der Waals surface area contributed by atoms with E-state index in [9.17, 15) is 9.59 Å². The maximum atomic E-state index is 13.3. The summed E-state index contributed by atoms with van der Waals surface area (Å²) in [6.07, 6.45) is 0. The summed E-state index contributed by atoms with van der Waals surface area (Å²) in [5, 5.41) is 10.1. The van der Waals surface area contributed by atoms with Gasteiger partial charge in [0, 0.05) is 47.5 Å². The zero-order valence-electron chi connectivity index (χ0n) is 23.0. The number of carbonyl (C=O) groups excluding carboxylic acids is 2. The van der Waals surface area contributed by atoms with E-state index in [0.29, 0.717) is 47.0 Å². The van der Waals surface area contributed by atoms with Gasteiger partial charge in [-0.2, -0.15) is 0 Å². The second-order valence-electron chi connectivity index (χ2n) is 9.55. The summed E-state index contributed by atoms with van der Waals surface area (Å²) in [6, 6.07) is 22.0. The molecular formula is C30H30ClN5O4S. The minimum Gasteiger partial charge on any atom is -0.497 e. The average Bonchev–Trinajstić information content (AvgIpc) is 3.44. The van der Waals surface area contributed by atoms with Gasteiger partial charge in [-0.25, -0.2) is 0 Å². The van der Waals surface area contributed by atoms with Crippen LogP contribution in [0.1, 0.15) is 17.3 Å². The molecule has 1 atom stereocenters. The summed E-state index contributed by atoms with van der Waals surface area (Å²) in [5.74, 6) is 2.17. The van der Waals surface area contributed by atoms with Gasteiger partial charge in [-0.3, -0.25) is 14.2 Å². The molecule has 0 N–H and O–H groups in total. The molecule has 1 fully saturated rings. The van der Waals surface area contributed by atoms with Crippen LogP contribution in [-0.2, 0) is 4.79 Å². The number of carbonyl (C=O) groups is 2. The highest BCUT2D eigenvalue weighted by atomic mass is 35.5. The van der Waals surface area contributed by atoms with Gasteiger partial charge in [0.1, 0.15) is 11.5 Å². The number of rotatable bonds is 8. The summed E-state index contributed by atoms with van der Waals surface area (Å²) in [4.78, 5) is 29.9. The van der Waals surface area contributed by atoms with Gasteiger partial charge in [0.15, 0.2) is 11.0 Å². The van der Waals surface area contributed by atoms with Crippen LogP contribution in [0.4, 0.5) is 0 Å². The fraction of sp³-hybridized carbons (Fsp3) is 0.267. The number of benzene rings is 3. The van der Waals surface area contributed by atoms with Crippen molar-refractivity contribution in [2.24, 2.45) is 0 Å². The lowest BCUT2D eigenvalue weighted by molar-refractivity contribution is -0.130. The number of aromatic nitrogens is 3. The number of piperazine rings is 1. The Morgan fingerprint density at radius 1 is 0.951 bits per heavy atom. The van der Waals surface area contributed by atoms with Gasteiger partial charge in [0.2, 0.25) is 5.91 Å². The third-order valence-electron chi connectivity index (χ3n) is 6.95. The van der Waals surface area contributed by atoms with Crippen LogP contribution in [0.3, 0.4) is 0 Å². The molecule has 1 aliphatic heterocycles. The normalized spacial score (nSPS) is 15.1.